The molecule has 0 spiro atoms. The number of hydrogen-bond donors (Lipinski definition) is 1. The molecular weight excluding hydrogens is 378 g/mol. The molecule has 0 aromatic heterocycles. The molecule has 2 rings (SSSR count). The van der Waals surface area contributed by atoms with Gasteiger partial charge in [-0.3, -0.25) is 4.79 Å². The molecule has 0 radical (unpaired) electrons. The lowest BCUT2D eigenvalue weighted by Gasteiger charge is -2.14. The molecule has 2 aromatic rings. The van der Waals surface area contributed by atoms with Crippen LogP contribution in [0.5, 0.6) is 0 Å². The third-order valence-corrected chi connectivity index (χ3v) is 5.87. The van der Waals surface area contributed by atoms with Crippen molar-refractivity contribution in [1.82, 2.24) is 4.72 Å². The highest BCUT2D eigenvalue weighted by Gasteiger charge is 2.22. The summed E-state index contributed by atoms with van der Waals surface area (Å²) in [6.07, 6.45) is -0.997. The number of aryl methyl sites for hydroxylation is 2. The zero-order chi connectivity index (χ0) is 21.1. The SMILES string of the molecule is Cc1ccc(C(=O)C(C)OC(=O)c2cccc(S(=O)(=O)NC(C)C)c2)cc1C. The van der Waals surface area contributed by atoms with Crippen molar-refractivity contribution in [2.75, 3.05) is 0 Å². The predicted molar refractivity (Wildman–Crippen MR) is 107 cm³/mol. The molecule has 0 aliphatic rings. The Labute approximate surface area is 166 Å². The van der Waals surface area contributed by atoms with Gasteiger partial charge in [-0.1, -0.05) is 18.2 Å². The van der Waals surface area contributed by atoms with Crippen LogP contribution in [-0.4, -0.2) is 32.3 Å². The van der Waals surface area contributed by atoms with Crippen LogP contribution in [0.15, 0.2) is 47.4 Å². The lowest BCUT2D eigenvalue weighted by atomic mass is 10.0. The van der Waals surface area contributed by atoms with Crippen LogP contribution in [-0.2, 0) is 14.8 Å². The number of sulfonamides is 1. The molecule has 0 heterocycles. The van der Waals surface area contributed by atoms with Gasteiger partial charge in [0.25, 0.3) is 0 Å². The Morgan fingerprint density at radius 1 is 0.929 bits per heavy atom. The highest BCUT2D eigenvalue weighted by molar-refractivity contribution is 7.89. The van der Waals surface area contributed by atoms with E-state index in [0.717, 1.165) is 11.1 Å². The van der Waals surface area contributed by atoms with Crippen LogP contribution < -0.4 is 4.72 Å². The van der Waals surface area contributed by atoms with E-state index in [9.17, 15) is 18.0 Å². The summed E-state index contributed by atoms with van der Waals surface area (Å²) in [7, 11) is -3.74. The lowest BCUT2D eigenvalue weighted by molar-refractivity contribution is 0.0318. The zero-order valence-corrected chi connectivity index (χ0v) is 17.5. The zero-order valence-electron chi connectivity index (χ0n) is 16.6. The molecule has 0 saturated heterocycles. The van der Waals surface area contributed by atoms with Crippen molar-refractivity contribution in [3.63, 3.8) is 0 Å². The van der Waals surface area contributed by atoms with E-state index in [0.29, 0.717) is 5.56 Å². The van der Waals surface area contributed by atoms with E-state index in [-0.39, 0.29) is 22.3 Å². The minimum atomic E-state index is -3.74. The van der Waals surface area contributed by atoms with Gasteiger partial charge in [0.2, 0.25) is 15.8 Å². The van der Waals surface area contributed by atoms with Crippen molar-refractivity contribution in [1.29, 1.82) is 0 Å². The third-order valence-electron chi connectivity index (χ3n) is 4.22. The van der Waals surface area contributed by atoms with E-state index in [1.54, 1.807) is 26.0 Å². The molecule has 2 aromatic carbocycles. The normalized spacial score (nSPS) is 12.6. The second kappa shape index (κ2) is 8.67. The number of carbonyl (C=O) groups is 2. The summed E-state index contributed by atoms with van der Waals surface area (Å²) in [5.74, 6) is -1.08. The fourth-order valence-electron chi connectivity index (χ4n) is 2.58. The molecule has 7 heteroatoms. The Kier molecular flexibility index (Phi) is 6.74. The number of esters is 1. The van der Waals surface area contributed by atoms with Crippen molar-refractivity contribution in [2.24, 2.45) is 0 Å². The number of Topliss-reactive ketones (excluding diaryl/α,β-unsaturated/α-hetero) is 1. The topological polar surface area (TPSA) is 89.5 Å². The van der Waals surface area contributed by atoms with E-state index in [1.807, 2.05) is 19.9 Å². The van der Waals surface area contributed by atoms with Gasteiger partial charge in [0.15, 0.2) is 6.10 Å². The van der Waals surface area contributed by atoms with Gasteiger partial charge in [0, 0.05) is 11.6 Å². The summed E-state index contributed by atoms with van der Waals surface area (Å²) < 4.78 is 32.3. The molecule has 1 unspecified atom stereocenters. The maximum Gasteiger partial charge on any atom is 0.338 e. The van der Waals surface area contributed by atoms with E-state index in [4.69, 9.17) is 4.74 Å². The van der Waals surface area contributed by atoms with Crippen LogP contribution in [0.1, 0.15) is 52.6 Å². The number of rotatable bonds is 7. The molecule has 0 aliphatic carbocycles. The standard InChI is InChI=1S/C21H25NO5S/c1-13(2)22-28(25,26)19-8-6-7-18(12-19)21(24)27-16(5)20(23)17-10-9-14(3)15(4)11-17/h6-13,16,22H,1-5H3. The molecular formula is C21H25NO5S. The monoisotopic (exact) mass is 403 g/mol. The number of hydrogen-bond acceptors (Lipinski definition) is 5. The van der Waals surface area contributed by atoms with Crippen molar-refractivity contribution in [3.05, 3.63) is 64.7 Å². The fraction of sp³-hybridized carbons (Fsp3) is 0.333. The maximum atomic E-state index is 12.5. The number of ketones is 1. The average Bonchev–Trinajstić information content (AvgIpc) is 2.62. The average molecular weight is 404 g/mol. The second-order valence-corrected chi connectivity index (χ2v) is 8.73. The van der Waals surface area contributed by atoms with Gasteiger partial charge < -0.3 is 4.74 Å². The Bertz CT molecular complexity index is 996. The predicted octanol–water partition coefficient (Wildman–Crippen LogP) is 3.42. The number of nitrogens with one attached hydrogen (secondary N) is 1. The van der Waals surface area contributed by atoms with Crippen LogP contribution in [0.3, 0.4) is 0 Å². The first kappa shape index (κ1) is 21.8. The maximum absolute atomic E-state index is 12.5. The molecule has 0 aliphatic heterocycles. The van der Waals surface area contributed by atoms with E-state index >= 15 is 0 Å². The van der Waals surface area contributed by atoms with Crippen molar-refractivity contribution < 1.29 is 22.7 Å². The number of carbonyl (C=O) groups excluding carboxylic acids is 2. The number of ether oxygens (including phenoxy) is 1. The summed E-state index contributed by atoms with van der Waals surface area (Å²) >= 11 is 0. The quantitative estimate of drug-likeness (QED) is 0.565. The highest BCUT2D eigenvalue weighted by Crippen LogP contribution is 2.16. The van der Waals surface area contributed by atoms with E-state index < -0.39 is 22.1 Å². The van der Waals surface area contributed by atoms with Crippen molar-refractivity contribution >= 4 is 21.8 Å². The van der Waals surface area contributed by atoms with Gasteiger partial charge in [-0.2, -0.15) is 0 Å². The van der Waals surface area contributed by atoms with Crippen LogP contribution in [0.2, 0.25) is 0 Å². The molecule has 6 nitrogen and oxygen atoms in total. The highest BCUT2D eigenvalue weighted by atomic mass is 32.2. The summed E-state index contributed by atoms with van der Waals surface area (Å²) in [5, 5.41) is 0. The molecule has 28 heavy (non-hydrogen) atoms. The molecule has 1 N–H and O–H groups in total. The fourth-order valence-corrected chi connectivity index (χ4v) is 3.88. The lowest BCUT2D eigenvalue weighted by Crippen LogP contribution is -2.30. The van der Waals surface area contributed by atoms with E-state index in [2.05, 4.69) is 4.72 Å². The van der Waals surface area contributed by atoms with Gasteiger partial charge >= 0.3 is 5.97 Å². The summed E-state index contributed by atoms with van der Waals surface area (Å²) in [5.41, 5.74) is 2.56. The minimum Gasteiger partial charge on any atom is -0.451 e. The Morgan fingerprint density at radius 3 is 2.21 bits per heavy atom. The van der Waals surface area contributed by atoms with Crippen LogP contribution in [0, 0.1) is 13.8 Å². The van der Waals surface area contributed by atoms with Gasteiger partial charge in [-0.25, -0.2) is 17.9 Å². The molecule has 1 atom stereocenters. The Balaban J connectivity index is 2.17. The largest absolute Gasteiger partial charge is 0.451 e. The first-order valence-electron chi connectivity index (χ1n) is 8.96. The first-order valence-corrected chi connectivity index (χ1v) is 10.4. The van der Waals surface area contributed by atoms with Crippen molar-refractivity contribution in [2.45, 2.75) is 51.7 Å². The summed E-state index contributed by atoms with van der Waals surface area (Å²) in [6, 6.07) is 10.5. The molecule has 0 amide bonds. The van der Waals surface area contributed by atoms with Crippen LogP contribution in [0.25, 0.3) is 0 Å². The Morgan fingerprint density at radius 2 is 1.61 bits per heavy atom. The van der Waals surface area contributed by atoms with E-state index in [1.165, 1.54) is 31.2 Å². The molecule has 0 saturated carbocycles. The van der Waals surface area contributed by atoms with Crippen molar-refractivity contribution in [3.8, 4) is 0 Å². The Hall–Kier alpha value is -2.51. The van der Waals surface area contributed by atoms with Gasteiger partial charge in [0.1, 0.15) is 0 Å². The summed E-state index contributed by atoms with van der Waals surface area (Å²) in [4.78, 5) is 24.9. The second-order valence-electron chi connectivity index (χ2n) is 7.01. The van der Waals surface area contributed by atoms with Gasteiger partial charge in [-0.15, -0.1) is 0 Å². The molecule has 150 valence electrons. The molecule has 0 bridgehead atoms. The van der Waals surface area contributed by atoms with Crippen LogP contribution >= 0.6 is 0 Å². The van der Waals surface area contributed by atoms with Gasteiger partial charge in [0.05, 0.1) is 10.5 Å². The first-order chi connectivity index (χ1) is 13.0. The smallest absolute Gasteiger partial charge is 0.338 e. The van der Waals surface area contributed by atoms with Crippen LogP contribution in [0.4, 0.5) is 0 Å². The van der Waals surface area contributed by atoms with Gasteiger partial charge in [-0.05, 0) is 70.0 Å². The summed E-state index contributed by atoms with van der Waals surface area (Å²) in [6.45, 7) is 8.75. The third kappa shape index (κ3) is 5.27. The number of benzene rings is 2. The minimum absolute atomic E-state index is 0.0382. The molecule has 0 fully saturated rings.